The molecule has 3 nitrogen and oxygen atoms in total. The van der Waals surface area contributed by atoms with E-state index in [1.54, 1.807) is 12.1 Å². The van der Waals surface area contributed by atoms with E-state index in [0.717, 1.165) is 0 Å². The first kappa shape index (κ1) is 8.17. The Bertz CT molecular complexity index is 275. The van der Waals surface area contributed by atoms with Gasteiger partial charge in [-0.1, -0.05) is 11.6 Å². The number of halogens is 1. The van der Waals surface area contributed by atoms with Crippen molar-refractivity contribution < 1.29 is 5.11 Å². The fourth-order valence-corrected chi connectivity index (χ4v) is 0.837. The number of hydrogen-bond donors (Lipinski definition) is 1. The van der Waals surface area contributed by atoms with Gasteiger partial charge in [0.05, 0.1) is 17.3 Å². The molecule has 0 unspecified atom stereocenters. The van der Waals surface area contributed by atoms with Crippen molar-refractivity contribution in [2.75, 3.05) is 0 Å². The number of aromatic nitrogens is 1. The Hall–Kier alpha value is -0.930. The molecule has 0 atom stereocenters. The van der Waals surface area contributed by atoms with Crippen LogP contribution in [0.15, 0.2) is 17.1 Å². The Labute approximate surface area is 69.4 Å². The van der Waals surface area contributed by atoms with E-state index in [0.29, 0.717) is 16.5 Å². The minimum absolute atomic E-state index is 0.178. The lowest BCUT2D eigenvalue weighted by atomic mass is 10.3. The van der Waals surface area contributed by atoms with E-state index < -0.39 is 0 Å². The first-order valence-corrected chi connectivity index (χ1v) is 3.38. The molecule has 0 aliphatic heterocycles. The van der Waals surface area contributed by atoms with Crippen LogP contribution in [0, 0.1) is 0 Å². The zero-order valence-corrected chi connectivity index (χ0v) is 6.54. The molecule has 0 spiro atoms. The van der Waals surface area contributed by atoms with Gasteiger partial charge in [0.15, 0.2) is 5.82 Å². The Morgan fingerprint density at radius 1 is 1.64 bits per heavy atom. The number of aliphatic imine (C=N–C) groups is 1. The molecule has 0 saturated carbocycles. The average Bonchev–Trinajstić information content (AvgIpc) is 2.05. The normalized spacial score (nSPS) is 9.64. The van der Waals surface area contributed by atoms with Crippen LogP contribution in [-0.4, -0.2) is 16.8 Å². The highest BCUT2D eigenvalue weighted by molar-refractivity contribution is 6.31. The largest absolute Gasteiger partial charge is 0.390 e. The minimum Gasteiger partial charge on any atom is -0.390 e. The summed E-state index contributed by atoms with van der Waals surface area (Å²) in [7, 11) is 0. The van der Waals surface area contributed by atoms with Gasteiger partial charge >= 0.3 is 0 Å². The molecule has 0 fully saturated rings. The van der Waals surface area contributed by atoms with Gasteiger partial charge in [-0.2, -0.15) is 0 Å². The van der Waals surface area contributed by atoms with E-state index in [-0.39, 0.29) is 6.61 Å². The summed E-state index contributed by atoms with van der Waals surface area (Å²) in [6.07, 6.45) is 0. The topological polar surface area (TPSA) is 45.5 Å². The molecule has 1 N–H and O–H groups in total. The third-order valence-corrected chi connectivity index (χ3v) is 1.56. The molecule has 0 saturated heterocycles. The Morgan fingerprint density at radius 2 is 2.36 bits per heavy atom. The summed E-state index contributed by atoms with van der Waals surface area (Å²) >= 11 is 5.67. The third kappa shape index (κ3) is 1.76. The van der Waals surface area contributed by atoms with Crippen LogP contribution in [0.25, 0.3) is 0 Å². The molecule has 1 aromatic heterocycles. The molecule has 0 radical (unpaired) electrons. The monoisotopic (exact) mass is 170 g/mol. The Balaban J connectivity index is 3.12. The van der Waals surface area contributed by atoms with Gasteiger partial charge in [-0.3, -0.25) is 0 Å². The molecule has 0 bridgehead atoms. The SMILES string of the molecule is C=Nc1ccc(Cl)c(CO)n1. The number of aliphatic hydroxyl groups excluding tert-OH is 1. The second-order valence-electron chi connectivity index (χ2n) is 1.91. The van der Waals surface area contributed by atoms with Gasteiger partial charge in [-0.15, -0.1) is 0 Å². The van der Waals surface area contributed by atoms with Crippen molar-refractivity contribution in [1.29, 1.82) is 0 Å². The van der Waals surface area contributed by atoms with E-state index in [9.17, 15) is 0 Å². The van der Waals surface area contributed by atoms with Crippen LogP contribution in [0.5, 0.6) is 0 Å². The summed E-state index contributed by atoms with van der Waals surface area (Å²) in [5, 5.41) is 9.17. The van der Waals surface area contributed by atoms with Crippen molar-refractivity contribution >= 4 is 24.1 Å². The van der Waals surface area contributed by atoms with Crippen molar-refractivity contribution in [3.8, 4) is 0 Å². The third-order valence-electron chi connectivity index (χ3n) is 1.22. The first-order chi connectivity index (χ1) is 5.27. The van der Waals surface area contributed by atoms with Crippen LogP contribution in [0.3, 0.4) is 0 Å². The summed E-state index contributed by atoms with van der Waals surface area (Å²) in [6, 6.07) is 3.26. The maximum atomic E-state index is 8.73. The van der Waals surface area contributed by atoms with Gasteiger partial charge in [-0.25, -0.2) is 9.98 Å². The van der Waals surface area contributed by atoms with Gasteiger partial charge in [0, 0.05) is 0 Å². The average molecular weight is 171 g/mol. The van der Waals surface area contributed by atoms with E-state index >= 15 is 0 Å². The lowest BCUT2D eigenvalue weighted by Gasteiger charge is -1.98. The molecule has 1 rings (SSSR count). The fraction of sp³-hybridized carbons (Fsp3) is 0.143. The summed E-state index contributed by atoms with van der Waals surface area (Å²) in [6.45, 7) is 3.12. The molecule has 58 valence electrons. The molecular weight excluding hydrogens is 164 g/mol. The fourth-order valence-electron chi connectivity index (χ4n) is 0.672. The smallest absolute Gasteiger partial charge is 0.151 e. The summed E-state index contributed by atoms with van der Waals surface area (Å²) in [5.74, 6) is 0.471. The summed E-state index contributed by atoms with van der Waals surface area (Å²) in [4.78, 5) is 7.49. The van der Waals surface area contributed by atoms with Crippen LogP contribution in [0.1, 0.15) is 5.69 Å². The second kappa shape index (κ2) is 3.46. The molecule has 1 heterocycles. The second-order valence-corrected chi connectivity index (χ2v) is 2.32. The van der Waals surface area contributed by atoms with Gasteiger partial charge in [0.1, 0.15) is 0 Å². The van der Waals surface area contributed by atoms with Crippen molar-refractivity contribution in [3.63, 3.8) is 0 Å². The maximum Gasteiger partial charge on any atom is 0.151 e. The van der Waals surface area contributed by atoms with Gasteiger partial charge in [0.25, 0.3) is 0 Å². The standard InChI is InChI=1S/C7H7ClN2O/c1-9-7-3-2-5(8)6(4-11)10-7/h2-3,11H,1,4H2. The summed E-state index contributed by atoms with van der Waals surface area (Å²) < 4.78 is 0. The number of pyridine rings is 1. The maximum absolute atomic E-state index is 8.73. The number of nitrogens with zero attached hydrogens (tertiary/aromatic N) is 2. The molecule has 11 heavy (non-hydrogen) atoms. The van der Waals surface area contributed by atoms with E-state index in [2.05, 4.69) is 16.7 Å². The first-order valence-electron chi connectivity index (χ1n) is 3.01. The lowest BCUT2D eigenvalue weighted by molar-refractivity contribution is 0.277. The minimum atomic E-state index is -0.178. The Kier molecular flexibility index (Phi) is 2.57. The van der Waals surface area contributed by atoms with Gasteiger partial charge in [0.2, 0.25) is 0 Å². The molecule has 0 aromatic carbocycles. The van der Waals surface area contributed by atoms with Crippen molar-refractivity contribution in [2.24, 2.45) is 4.99 Å². The highest BCUT2D eigenvalue weighted by atomic mass is 35.5. The van der Waals surface area contributed by atoms with E-state index in [4.69, 9.17) is 16.7 Å². The van der Waals surface area contributed by atoms with Crippen molar-refractivity contribution in [2.45, 2.75) is 6.61 Å². The number of hydrogen-bond acceptors (Lipinski definition) is 3. The number of rotatable bonds is 2. The van der Waals surface area contributed by atoms with Crippen LogP contribution in [-0.2, 0) is 6.61 Å². The zero-order valence-electron chi connectivity index (χ0n) is 5.79. The highest BCUT2D eigenvalue weighted by Gasteiger charge is 2.00. The van der Waals surface area contributed by atoms with Crippen molar-refractivity contribution in [1.82, 2.24) is 4.98 Å². The van der Waals surface area contributed by atoms with Crippen LogP contribution >= 0.6 is 11.6 Å². The predicted molar refractivity (Wildman–Crippen MR) is 44.4 cm³/mol. The molecular formula is C7H7ClN2O. The number of aliphatic hydroxyl groups is 1. The molecule has 0 amide bonds. The quantitative estimate of drug-likeness (QED) is 0.685. The van der Waals surface area contributed by atoms with Crippen LogP contribution in [0.4, 0.5) is 5.82 Å². The van der Waals surface area contributed by atoms with Gasteiger partial charge in [-0.05, 0) is 18.9 Å². The van der Waals surface area contributed by atoms with Crippen molar-refractivity contribution in [3.05, 3.63) is 22.8 Å². The Morgan fingerprint density at radius 3 is 2.91 bits per heavy atom. The predicted octanol–water partition coefficient (Wildman–Crippen LogP) is 1.56. The lowest BCUT2D eigenvalue weighted by Crippen LogP contribution is -1.89. The molecule has 4 heteroatoms. The molecule has 0 aliphatic carbocycles. The van der Waals surface area contributed by atoms with Crippen LogP contribution < -0.4 is 0 Å². The zero-order chi connectivity index (χ0) is 8.27. The summed E-state index contributed by atoms with van der Waals surface area (Å²) in [5.41, 5.74) is 0.427. The highest BCUT2D eigenvalue weighted by Crippen LogP contribution is 2.17. The van der Waals surface area contributed by atoms with Gasteiger partial charge < -0.3 is 5.11 Å². The van der Waals surface area contributed by atoms with Crippen LogP contribution in [0.2, 0.25) is 5.02 Å². The molecule has 1 aromatic rings. The van der Waals surface area contributed by atoms with E-state index in [1.165, 1.54) is 0 Å². The van der Waals surface area contributed by atoms with E-state index in [1.807, 2.05) is 0 Å². The molecule has 0 aliphatic rings.